The quantitative estimate of drug-likeness (QED) is 0.556. The smallest absolute Gasteiger partial charge is 0.262 e. The van der Waals surface area contributed by atoms with E-state index in [1.54, 1.807) is 6.07 Å². The number of hydrogen-bond donors (Lipinski definition) is 2. The lowest BCUT2D eigenvalue weighted by atomic mass is 10.1. The van der Waals surface area contributed by atoms with Crippen LogP contribution in [0, 0.1) is 11.3 Å². The molecule has 0 atom stereocenters. The molecule has 6 heteroatoms. The number of nitriles is 1. The molecule has 2 aromatic carbocycles. The number of carbonyl (C=O) groups is 1. The van der Waals surface area contributed by atoms with Crippen LogP contribution in [-0.4, -0.2) is 5.91 Å². The van der Waals surface area contributed by atoms with E-state index >= 15 is 0 Å². The summed E-state index contributed by atoms with van der Waals surface area (Å²) in [5.74, 6) is -0.255. The minimum Gasteiger partial charge on any atom is -0.365 e. The van der Waals surface area contributed by atoms with Crippen LogP contribution in [0.3, 0.4) is 0 Å². The number of amides is 1. The lowest BCUT2D eigenvalue weighted by molar-refractivity contribution is -0.114. The lowest BCUT2D eigenvalue weighted by Crippen LogP contribution is -2.16. The van der Waals surface area contributed by atoms with Gasteiger partial charge in [-0.2, -0.15) is 5.26 Å². The van der Waals surface area contributed by atoms with E-state index in [1.165, 1.54) is 17.3 Å². The Labute approximate surface area is 156 Å². The summed E-state index contributed by atoms with van der Waals surface area (Å²) in [7, 11) is 0. The van der Waals surface area contributed by atoms with Gasteiger partial charge >= 0.3 is 0 Å². The van der Waals surface area contributed by atoms with Crippen molar-refractivity contribution in [2.45, 2.75) is 19.1 Å². The summed E-state index contributed by atoms with van der Waals surface area (Å²) in [5.41, 5.74) is 8.15. The zero-order valence-corrected chi connectivity index (χ0v) is 15.3. The third-order valence-corrected chi connectivity index (χ3v) is 4.95. The van der Waals surface area contributed by atoms with Gasteiger partial charge in [-0.1, -0.05) is 48.9 Å². The SMILES string of the molecule is CCc1ccc(NC(SCc2ccccc2Cl)=C(C#N)C(N)=O)cc1. The van der Waals surface area contributed by atoms with Crippen LogP contribution in [0.25, 0.3) is 0 Å². The van der Waals surface area contributed by atoms with Gasteiger partial charge in [-0.15, -0.1) is 11.8 Å². The number of carbonyl (C=O) groups excluding carboxylic acids is 1. The van der Waals surface area contributed by atoms with Gasteiger partial charge in [-0.3, -0.25) is 4.79 Å². The van der Waals surface area contributed by atoms with Crippen LogP contribution in [0.5, 0.6) is 0 Å². The largest absolute Gasteiger partial charge is 0.365 e. The van der Waals surface area contributed by atoms with Crippen LogP contribution in [0.15, 0.2) is 59.1 Å². The first-order chi connectivity index (χ1) is 12.0. The minimum atomic E-state index is -0.762. The second kappa shape index (κ2) is 9.16. The van der Waals surface area contributed by atoms with Crippen LogP contribution in [-0.2, 0) is 17.0 Å². The zero-order valence-electron chi connectivity index (χ0n) is 13.8. The van der Waals surface area contributed by atoms with E-state index in [0.717, 1.165) is 17.7 Å². The predicted octanol–water partition coefficient (Wildman–Crippen LogP) is 4.47. The highest BCUT2D eigenvalue weighted by Crippen LogP contribution is 2.29. The molecule has 0 spiro atoms. The summed E-state index contributed by atoms with van der Waals surface area (Å²) in [6, 6.07) is 17.1. The molecule has 0 aliphatic carbocycles. The number of aryl methyl sites for hydroxylation is 1. The van der Waals surface area contributed by atoms with Crippen molar-refractivity contribution in [2.75, 3.05) is 5.32 Å². The van der Waals surface area contributed by atoms with Crippen molar-refractivity contribution in [1.82, 2.24) is 0 Å². The fourth-order valence-electron chi connectivity index (χ4n) is 2.11. The predicted molar refractivity (Wildman–Crippen MR) is 104 cm³/mol. The van der Waals surface area contributed by atoms with Crippen LogP contribution in [0.1, 0.15) is 18.1 Å². The van der Waals surface area contributed by atoms with Gasteiger partial charge in [0, 0.05) is 16.5 Å². The molecule has 0 saturated heterocycles. The monoisotopic (exact) mass is 371 g/mol. The summed E-state index contributed by atoms with van der Waals surface area (Å²) in [5, 5.41) is 13.5. The fourth-order valence-corrected chi connectivity index (χ4v) is 3.42. The first-order valence-corrected chi connectivity index (χ1v) is 9.07. The highest BCUT2D eigenvalue weighted by Gasteiger charge is 2.14. The molecule has 128 valence electrons. The molecular formula is C19H18ClN3OS. The van der Waals surface area contributed by atoms with Crippen molar-refractivity contribution >= 4 is 35.0 Å². The van der Waals surface area contributed by atoms with Gasteiger partial charge in [-0.05, 0) is 35.7 Å². The average Bonchev–Trinajstić information content (AvgIpc) is 2.61. The average molecular weight is 372 g/mol. The second-order valence-corrected chi connectivity index (χ2v) is 6.63. The number of thioether (sulfide) groups is 1. The standard InChI is InChI=1S/C19H18ClN3OS/c1-2-13-7-9-15(10-8-13)23-19(16(11-21)18(22)24)25-12-14-5-3-4-6-17(14)20/h3-10,23H,2,12H2,1H3,(H2,22,24). The van der Waals surface area contributed by atoms with Gasteiger partial charge in [0.25, 0.3) is 5.91 Å². The summed E-state index contributed by atoms with van der Waals surface area (Å²) in [4.78, 5) is 11.6. The number of halogens is 1. The van der Waals surface area contributed by atoms with E-state index in [2.05, 4.69) is 12.2 Å². The Kier molecular flexibility index (Phi) is 6.93. The number of nitrogens with one attached hydrogen (secondary N) is 1. The molecule has 0 aromatic heterocycles. The molecule has 25 heavy (non-hydrogen) atoms. The van der Waals surface area contributed by atoms with Gasteiger partial charge in [0.15, 0.2) is 0 Å². The Balaban J connectivity index is 2.26. The zero-order chi connectivity index (χ0) is 18.2. The summed E-state index contributed by atoms with van der Waals surface area (Å²) in [6.07, 6.45) is 0.939. The number of primary amides is 1. The molecule has 1 amide bonds. The first kappa shape index (κ1) is 18.9. The van der Waals surface area contributed by atoms with Gasteiger partial charge in [-0.25, -0.2) is 0 Å². The Hall–Kier alpha value is -2.42. The van der Waals surface area contributed by atoms with Crippen molar-refractivity contribution in [1.29, 1.82) is 5.26 Å². The number of nitrogens with two attached hydrogens (primary N) is 1. The molecule has 0 aliphatic heterocycles. The van der Waals surface area contributed by atoms with Crippen molar-refractivity contribution in [3.05, 3.63) is 75.3 Å². The van der Waals surface area contributed by atoms with Crippen molar-refractivity contribution in [3.63, 3.8) is 0 Å². The maximum Gasteiger partial charge on any atom is 0.262 e. The van der Waals surface area contributed by atoms with Gasteiger partial charge in [0.05, 0.1) is 5.03 Å². The third-order valence-electron chi connectivity index (χ3n) is 3.54. The number of anilines is 1. The summed E-state index contributed by atoms with van der Waals surface area (Å²) < 4.78 is 0. The molecule has 0 aliphatic rings. The highest BCUT2D eigenvalue weighted by atomic mass is 35.5. The highest BCUT2D eigenvalue weighted by molar-refractivity contribution is 8.02. The molecule has 2 aromatic rings. The number of nitrogens with zero attached hydrogens (tertiary/aromatic N) is 1. The third kappa shape index (κ3) is 5.28. The lowest BCUT2D eigenvalue weighted by Gasteiger charge is -2.13. The topological polar surface area (TPSA) is 78.9 Å². The Morgan fingerprint density at radius 1 is 1.24 bits per heavy atom. The van der Waals surface area contributed by atoms with Crippen LogP contribution in [0.2, 0.25) is 5.02 Å². The molecule has 3 N–H and O–H groups in total. The summed E-state index contributed by atoms with van der Waals surface area (Å²) >= 11 is 7.49. The number of benzene rings is 2. The molecule has 0 fully saturated rings. The molecule has 0 unspecified atom stereocenters. The summed E-state index contributed by atoms with van der Waals surface area (Å²) in [6.45, 7) is 2.08. The molecule has 2 rings (SSSR count). The maximum atomic E-state index is 11.6. The van der Waals surface area contributed by atoms with E-state index in [-0.39, 0.29) is 5.57 Å². The molecule has 4 nitrogen and oxygen atoms in total. The van der Waals surface area contributed by atoms with Crippen molar-refractivity contribution in [3.8, 4) is 6.07 Å². The molecular weight excluding hydrogens is 354 g/mol. The number of hydrogen-bond acceptors (Lipinski definition) is 4. The van der Waals surface area contributed by atoms with E-state index in [4.69, 9.17) is 17.3 Å². The van der Waals surface area contributed by atoms with Crippen molar-refractivity contribution in [2.24, 2.45) is 5.73 Å². The maximum absolute atomic E-state index is 11.6. The van der Waals surface area contributed by atoms with E-state index < -0.39 is 5.91 Å². The molecule has 0 heterocycles. The van der Waals surface area contributed by atoms with Gasteiger partial charge < -0.3 is 11.1 Å². The first-order valence-electron chi connectivity index (χ1n) is 7.71. The van der Waals surface area contributed by atoms with E-state index in [0.29, 0.717) is 15.8 Å². The molecule has 0 saturated carbocycles. The Morgan fingerprint density at radius 3 is 2.48 bits per heavy atom. The van der Waals surface area contributed by atoms with Crippen LogP contribution < -0.4 is 11.1 Å². The van der Waals surface area contributed by atoms with E-state index in [9.17, 15) is 10.1 Å². The van der Waals surface area contributed by atoms with Crippen LogP contribution >= 0.6 is 23.4 Å². The molecule has 0 radical (unpaired) electrons. The molecule has 0 bridgehead atoms. The minimum absolute atomic E-state index is 0.100. The van der Waals surface area contributed by atoms with Crippen LogP contribution in [0.4, 0.5) is 5.69 Å². The fraction of sp³-hybridized carbons (Fsp3) is 0.158. The normalized spacial score (nSPS) is 11.4. The van der Waals surface area contributed by atoms with Crippen molar-refractivity contribution < 1.29 is 4.79 Å². The Bertz CT molecular complexity index is 825. The number of rotatable bonds is 7. The van der Waals surface area contributed by atoms with Gasteiger partial charge in [0.1, 0.15) is 11.6 Å². The Morgan fingerprint density at radius 2 is 1.92 bits per heavy atom. The van der Waals surface area contributed by atoms with E-state index in [1.807, 2.05) is 48.5 Å². The van der Waals surface area contributed by atoms with Gasteiger partial charge in [0.2, 0.25) is 0 Å². The second-order valence-electron chi connectivity index (χ2n) is 5.24.